The third kappa shape index (κ3) is 4.98. The van der Waals surface area contributed by atoms with E-state index < -0.39 is 56.0 Å². The maximum Gasteiger partial charge on any atom is 0.336 e. The Kier molecular flexibility index (Phi) is 7.02. The zero-order valence-corrected chi connectivity index (χ0v) is 20.5. The van der Waals surface area contributed by atoms with E-state index in [2.05, 4.69) is 0 Å². The highest BCUT2D eigenvalue weighted by molar-refractivity contribution is 7.91. The van der Waals surface area contributed by atoms with Gasteiger partial charge in [0.15, 0.2) is 0 Å². The molecular weight excluding hydrogens is 528 g/mol. The number of aromatic carboxylic acids is 4. The smallest absolute Gasteiger partial charge is 0.336 e. The summed E-state index contributed by atoms with van der Waals surface area (Å²) in [5.41, 5.74) is -1.86. The number of sulfone groups is 1. The summed E-state index contributed by atoms with van der Waals surface area (Å²) in [7, 11) is -4.23. The van der Waals surface area contributed by atoms with Gasteiger partial charge in [0.2, 0.25) is 9.84 Å². The largest absolute Gasteiger partial charge is 0.478 e. The minimum Gasteiger partial charge on any atom is -0.478 e. The van der Waals surface area contributed by atoms with Gasteiger partial charge in [0.1, 0.15) is 0 Å². The molecule has 4 N–H and O–H groups in total. The molecule has 0 aliphatic carbocycles. The quantitative estimate of drug-likeness (QED) is 0.243. The van der Waals surface area contributed by atoms with Crippen LogP contribution in [0.3, 0.4) is 0 Å². The normalized spacial score (nSPS) is 11.1. The summed E-state index contributed by atoms with van der Waals surface area (Å²) < 4.78 is 27.5. The second kappa shape index (κ2) is 10.2. The number of carboxylic acids is 4. The maximum atomic E-state index is 13.7. The first-order valence-corrected chi connectivity index (χ1v) is 12.6. The molecule has 0 heterocycles. The molecule has 0 aliphatic heterocycles. The van der Waals surface area contributed by atoms with Crippen molar-refractivity contribution >= 4 is 33.7 Å². The van der Waals surface area contributed by atoms with Gasteiger partial charge in [-0.05, 0) is 59.2 Å². The first kappa shape index (κ1) is 26.8. The van der Waals surface area contributed by atoms with Crippen LogP contribution in [0.15, 0.2) is 94.7 Å². The standard InChI is InChI=1S/C28H18O10S/c29-25(30)19-11-9-15(13-21(19)27(33)34)18-7-4-8-23(39(37,38)17-5-2-1-3-6-17)24(18)16-10-12-20(26(31)32)22(14-16)28(35)36/h1-14H,(H,29,30)(H,31,32)(H,33,34)(H,35,36). The second-order valence-electron chi connectivity index (χ2n) is 8.24. The molecule has 0 spiro atoms. The summed E-state index contributed by atoms with van der Waals surface area (Å²) in [4.78, 5) is 46.5. The van der Waals surface area contributed by atoms with Crippen LogP contribution in [0.2, 0.25) is 0 Å². The molecule has 0 bridgehead atoms. The van der Waals surface area contributed by atoms with Crippen LogP contribution in [-0.4, -0.2) is 52.7 Å². The van der Waals surface area contributed by atoms with E-state index in [0.29, 0.717) is 0 Å². The summed E-state index contributed by atoms with van der Waals surface area (Å²) in [5.74, 6) is -6.06. The Balaban J connectivity index is 2.12. The van der Waals surface area contributed by atoms with Crippen molar-refractivity contribution in [2.75, 3.05) is 0 Å². The van der Waals surface area contributed by atoms with Crippen LogP contribution in [-0.2, 0) is 9.84 Å². The fraction of sp³-hybridized carbons (Fsp3) is 0. The highest BCUT2D eigenvalue weighted by Gasteiger charge is 2.27. The van der Waals surface area contributed by atoms with Crippen LogP contribution in [0.25, 0.3) is 22.3 Å². The monoisotopic (exact) mass is 546 g/mol. The van der Waals surface area contributed by atoms with Crippen molar-refractivity contribution in [3.63, 3.8) is 0 Å². The zero-order valence-electron chi connectivity index (χ0n) is 19.7. The van der Waals surface area contributed by atoms with Gasteiger partial charge >= 0.3 is 23.9 Å². The van der Waals surface area contributed by atoms with Crippen molar-refractivity contribution in [1.82, 2.24) is 0 Å². The lowest BCUT2D eigenvalue weighted by Gasteiger charge is -2.18. The first-order valence-electron chi connectivity index (χ1n) is 11.1. The molecule has 0 radical (unpaired) electrons. The van der Waals surface area contributed by atoms with Gasteiger partial charge in [-0.3, -0.25) is 0 Å². The lowest BCUT2D eigenvalue weighted by atomic mass is 9.90. The number of hydrogen-bond acceptors (Lipinski definition) is 6. The Labute approximate surface area is 221 Å². The Morgan fingerprint density at radius 3 is 1.51 bits per heavy atom. The van der Waals surface area contributed by atoms with E-state index in [1.807, 2.05) is 0 Å². The molecule has 0 saturated carbocycles. The van der Waals surface area contributed by atoms with Crippen molar-refractivity contribution < 1.29 is 48.0 Å². The van der Waals surface area contributed by atoms with E-state index in [1.54, 1.807) is 6.07 Å². The van der Waals surface area contributed by atoms with Crippen LogP contribution in [0.5, 0.6) is 0 Å². The Morgan fingerprint density at radius 1 is 0.513 bits per heavy atom. The molecule has 0 amide bonds. The van der Waals surface area contributed by atoms with Crippen LogP contribution in [0.1, 0.15) is 41.4 Å². The number of carbonyl (C=O) groups is 4. The molecule has 0 fully saturated rings. The molecular formula is C28H18O10S. The van der Waals surface area contributed by atoms with E-state index in [9.17, 15) is 48.0 Å². The fourth-order valence-electron chi connectivity index (χ4n) is 4.16. The molecule has 4 rings (SSSR count). The average Bonchev–Trinajstić information content (AvgIpc) is 2.92. The summed E-state index contributed by atoms with van der Waals surface area (Å²) >= 11 is 0. The molecule has 196 valence electrons. The summed E-state index contributed by atoms with van der Waals surface area (Å²) in [5, 5.41) is 38.1. The van der Waals surface area contributed by atoms with Crippen molar-refractivity contribution in [3.8, 4) is 22.3 Å². The average molecular weight is 547 g/mol. The molecule has 4 aromatic rings. The predicted octanol–water partition coefficient (Wildman–Crippen LogP) is 4.65. The van der Waals surface area contributed by atoms with E-state index in [-0.39, 0.29) is 32.0 Å². The van der Waals surface area contributed by atoms with Gasteiger partial charge in [0.25, 0.3) is 0 Å². The molecule has 0 unspecified atom stereocenters. The number of hydrogen-bond donors (Lipinski definition) is 4. The highest BCUT2D eigenvalue weighted by Crippen LogP contribution is 2.40. The highest BCUT2D eigenvalue weighted by atomic mass is 32.2. The third-order valence-corrected chi connectivity index (χ3v) is 7.74. The van der Waals surface area contributed by atoms with Crippen molar-refractivity contribution in [3.05, 3.63) is 107 Å². The van der Waals surface area contributed by atoms with Crippen LogP contribution < -0.4 is 0 Å². The van der Waals surface area contributed by atoms with Crippen molar-refractivity contribution in [2.24, 2.45) is 0 Å². The van der Waals surface area contributed by atoms with Gasteiger partial charge in [-0.1, -0.05) is 42.5 Å². The van der Waals surface area contributed by atoms with Crippen LogP contribution in [0.4, 0.5) is 0 Å². The van der Waals surface area contributed by atoms with Crippen molar-refractivity contribution in [1.29, 1.82) is 0 Å². The molecule has 4 aromatic carbocycles. The topological polar surface area (TPSA) is 183 Å². The lowest BCUT2D eigenvalue weighted by molar-refractivity contribution is 0.0651. The fourth-order valence-corrected chi connectivity index (χ4v) is 5.68. The Hall–Kier alpha value is -5.29. The summed E-state index contributed by atoms with van der Waals surface area (Å²) in [6, 6.07) is 18.3. The van der Waals surface area contributed by atoms with E-state index in [0.717, 1.165) is 24.3 Å². The lowest BCUT2D eigenvalue weighted by Crippen LogP contribution is -2.10. The van der Waals surface area contributed by atoms with Gasteiger partial charge in [0, 0.05) is 5.56 Å². The predicted molar refractivity (Wildman–Crippen MR) is 137 cm³/mol. The van der Waals surface area contributed by atoms with E-state index >= 15 is 0 Å². The van der Waals surface area contributed by atoms with Gasteiger partial charge in [-0.15, -0.1) is 0 Å². The minimum absolute atomic E-state index is 0.0276. The summed E-state index contributed by atoms with van der Waals surface area (Å²) in [6.45, 7) is 0. The molecule has 0 atom stereocenters. The number of rotatable bonds is 8. The maximum absolute atomic E-state index is 13.7. The third-order valence-electron chi connectivity index (χ3n) is 5.93. The number of benzene rings is 4. The first-order chi connectivity index (χ1) is 18.4. The molecule has 10 nitrogen and oxygen atoms in total. The number of carboxylic acid groups (broad SMARTS) is 4. The molecule has 11 heteroatoms. The van der Waals surface area contributed by atoms with E-state index in [1.165, 1.54) is 54.6 Å². The van der Waals surface area contributed by atoms with Gasteiger partial charge in [-0.25, -0.2) is 27.6 Å². The Bertz CT molecular complexity index is 1770. The SMILES string of the molecule is O=C(O)c1ccc(-c2cccc(S(=O)(=O)c3ccccc3)c2-c2ccc(C(=O)O)c(C(=O)O)c2)cc1C(=O)O. The molecule has 0 aromatic heterocycles. The Morgan fingerprint density at radius 2 is 1.00 bits per heavy atom. The second-order valence-corrected chi connectivity index (χ2v) is 10.2. The summed E-state index contributed by atoms with van der Waals surface area (Å²) in [6.07, 6.45) is 0. The van der Waals surface area contributed by atoms with Gasteiger partial charge in [-0.2, -0.15) is 0 Å². The molecule has 39 heavy (non-hydrogen) atoms. The van der Waals surface area contributed by atoms with Crippen LogP contribution >= 0.6 is 0 Å². The van der Waals surface area contributed by atoms with Gasteiger partial charge < -0.3 is 20.4 Å². The minimum atomic E-state index is -4.23. The van der Waals surface area contributed by atoms with Crippen molar-refractivity contribution in [2.45, 2.75) is 9.79 Å². The zero-order chi connectivity index (χ0) is 28.5. The molecule has 0 saturated heterocycles. The van der Waals surface area contributed by atoms with E-state index in [4.69, 9.17) is 0 Å². The van der Waals surface area contributed by atoms with Crippen LogP contribution in [0, 0.1) is 0 Å². The van der Waals surface area contributed by atoms with Gasteiger partial charge in [0.05, 0.1) is 32.0 Å². The molecule has 0 aliphatic rings.